The zero-order valence-corrected chi connectivity index (χ0v) is 12.2. The number of nitro groups is 1. The summed E-state index contributed by atoms with van der Waals surface area (Å²) in [6, 6.07) is 2.71. The van der Waals surface area contributed by atoms with E-state index in [1.807, 2.05) is 4.90 Å². The Hall–Kier alpha value is -1.89. The van der Waals surface area contributed by atoms with E-state index in [4.69, 9.17) is 10.5 Å². The summed E-state index contributed by atoms with van der Waals surface area (Å²) in [6.45, 7) is 0. The minimum Gasteiger partial charge on any atom is -0.490 e. The molecule has 0 aromatic heterocycles. The quantitative estimate of drug-likeness (QED) is 0.682. The van der Waals surface area contributed by atoms with Gasteiger partial charge in [-0.15, -0.1) is 0 Å². The third kappa shape index (κ3) is 3.24. The van der Waals surface area contributed by atoms with Crippen molar-refractivity contribution in [3.05, 3.63) is 28.1 Å². The van der Waals surface area contributed by atoms with E-state index in [9.17, 15) is 14.5 Å². The van der Waals surface area contributed by atoms with Crippen molar-refractivity contribution in [2.24, 2.45) is 5.73 Å². The number of nitro benzene ring substituents is 1. The van der Waals surface area contributed by atoms with E-state index in [-0.39, 0.29) is 23.5 Å². The molecule has 0 heterocycles. The largest absolute Gasteiger partial charge is 0.490 e. The molecule has 21 heavy (non-hydrogen) atoms. The first-order chi connectivity index (χ1) is 9.93. The van der Waals surface area contributed by atoms with Crippen LogP contribution in [0, 0.1) is 15.9 Å². The average molecular weight is 297 g/mol. The number of hydrogen-bond acceptors (Lipinski definition) is 5. The molecule has 0 aliphatic heterocycles. The number of methoxy groups -OCH3 is 1. The van der Waals surface area contributed by atoms with Crippen LogP contribution in [0.25, 0.3) is 0 Å². The first-order valence-electron chi connectivity index (χ1n) is 6.94. The van der Waals surface area contributed by atoms with E-state index in [2.05, 4.69) is 0 Å². The maximum atomic E-state index is 14.2. The molecular weight excluding hydrogens is 277 g/mol. The van der Waals surface area contributed by atoms with Gasteiger partial charge in [-0.25, -0.2) is 4.39 Å². The van der Waals surface area contributed by atoms with Gasteiger partial charge in [-0.05, 0) is 25.7 Å². The molecule has 6 nitrogen and oxygen atoms in total. The molecule has 0 saturated heterocycles. The Morgan fingerprint density at radius 3 is 2.52 bits per heavy atom. The first kappa shape index (κ1) is 15.5. The smallest absolute Gasteiger partial charge is 0.313 e. The van der Waals surface area contributed by atoms with Gasteiger partial charge in [0.25, 0.3) is 0 Å². The van der Waals surface area contributed by atoms with Crippen LogP contribution in [0.15, 0.2) is 12.1 Å². The second-order valence-corrected chi connectivity index (χ2v) is 5.41. The predicted octanol–water partition coefficient (Wildman–Crippen LogP) is 2.45. The van der Waals surface area contributed by atoms with Gasteiger partial charge in [0.2, 0.25) is 0 Å². The van der Waals surface area contributed by atoms with Crippen LogP contribution in [0.1, 0.15) is 25.7 Å². The van der Waals surface area contributed by atoms with Crippen molar-refractivity contribution >= 4 is 11.4 Å². The van der Waals surface area contributed by atoms with E-state index >= 15 is 0 Å². The molecule has 0 spiro atoms. The van der Waals surface area contributed by atoms with Gasteiger partial charge in [0.05, 0.1) is 23.8 Å². The molecule has 2 N–H and O–H groups in total. The van der Waals surface area contributed by atoms with Crippen molar-refractivity contribution in [2.75, 3.05) is 19.1 Å². The molecule has 116 valence electrons. The Morgan fingerprint density at radius 2 is 2.00 bits per heavy atom. The van der Waals surface area contributed by atoms with Crippen molar-refractivity contribution in [2.45, 2.75) is 37.8 Å². The molecule has 1 aliphatic rings. The summed E-state index contributed by atoms with van der Waals surface area (Å²) in [6.07, 6.45) is 3.58. The van der Waals surface area contributed by atoms with Crippen LogP contribution >= 0.6 is 0 Å². The highest BCUT2D eigenvalue weighted by Gasteiger charge is 2.26. The molecule has 2 rings (SSSR count). The van der Waals surface area contributed by atoms with Gasteiger partial charge in [0.15, 0.2) is 11.6 Å². The van der Waals surface area contributed by atoms with Crippen LogP contribution in [-0.2, 0) is 0 Å². The molecule has 1 aliphatic carbocycles. The summed E-state index contributed by atoms with van der Waals surface area (Å²) < 4.78 is 19.2. The second kappa shape index (κ2) is 6.26. The lowest BCUT2D eigenvalue weighted by Crippen LogP contribution is -2.39. The number of nitrogens with zero attached hydrogens (tertiary/aromatic N) is 2. The van der Waals surface area contributed by atoms with E-state index in [0.29, 0.717) is 5.69 Å². The van der Waals surface area contributed by atoms with Crippen molar-refractivity contribution in [1.82, 2.24) is 0 Å². The van der Waals surface area contributed by atoms with Gasteiger partial charge < -0.3 is 15.4 Å². The first-order valence-corrected chi connectivity index (χ1v) is 6.94. The summed E-state index contributed by atoms with van der Waals surface area (Å²) in [7, 11) is 3.13. The zero-order valence-electron chi connectivity index (χ0n) is 12.2. The minimum absolute atomic E-state index is 0.0655. The number of hydrogen-bond donors (Lipinski definition) is 1. The molecule has 1 fully saturated rings. The lowest BCUT2D eigenvalue weighted by molar-refractivity contribution is -0.385. The normalized spacial score (nSPS) is 21.9. The molecule has 1 aromatic carbocycles. The van der Waals surface area contributed by atoms with Crippen LogP contribution in [-0.4, -0.2) is 31.2 Å². The second-order valence-electron chi connectivity index (χ2n) is 5.41. The van der Waals surface area contributed by atoms with Crippen LogP contribution in [0.5, 0.6) is 5.75 Å². The van der Waals surface area contributed by atoms with Crippen molar-refractivity contribution < 1.29 is 14.1 Å². The maximum Gasteiger partial charge on any atom is 0.313 e. The Balaban J connectivity index is 2.28. The van der Waals surface area contributed by atoms with E-state index < -0.39 is 10.7 Å². The van der Waals surface area contributed by atoms with Gasteiger partial charge in [-0.2, -0.15) is 0 Å². The van der Waals surface area contributed by atoms with Crippen molar-refractivity contribution in [3.8, 4) is 5.75 Å². The Labute approximate surface area is 122 Å². The van der Waals surface area contributed by atoms with E-state index in [0.717, 1.165) is 31.7 Å². The molecule has 1 saturated carbocycles. The van der Waals surface area contributed by atoms with Gasteiger partial charge in [-0.3, -0.25) is 10.1 Å². The molecule has 0 unspecified atom stereocenters. The predicted molar refractivity (Wildman–Crippen MR) is 78.2 cm³/mol. The van der Waals surface area contributed by atoms with Crippen LogP contribution in [0.2, 0.25) is 0 Å². The average Bonchev–Trinajstić information content (AvgIpc) is 2.47. The Kier molecular flexibility index (Phi) is 4.62. The SMILES string of the molecule is COc1cc(N(C)C2CCC(N)CC2)c(F)cc1[N+](=O)[O-]. The van der Waals surface area contributed by atoms with E-state index in [1.165, 1.54) is 13.2 Å². The van der Waals surface area contributed by atoms with Gasteiger partial charge in [0.1, 0.15) is 0 Å². The number of nitrogens with two attached hydrogens (primary N) is 1. The summed E-state index contributed by atoms with van der Waals surface area (Å²) >= 11 is 0. The van der Waals surface area contributed by atoms with Crippen LogP contribution in [0.3, 0.4) is 0 Å². The standard InChI is InChI=1S/C14H20FN3O3/c1-17(10-5-3-9(16)4-6-10)12-8-14(21-2)13(18(19)20)7-11(12)15/h7-10H,3-6,16H2,1-2H3. The highest BCUT2D eigenvalue weighted by Crippen LogP contribution is 2.35. The molecule has 0 atom stereocenters. The van der Waals surface area contributed by atoms with Gasteiger partial charge in [0, 0.05) is 25.2 Å². The fourth-order valence-corrected chi connectivity index (χ4v) is 2.79. The molecule has 0 radical (unpaired) electrons. The minimum atomic E-state index is -0.647. The van der Waals surface area contributed by atoms with Crippen molar-refractivity contribution in [3.63, 3.8) is 0 Å². The highest BCUT2D eigenvalue weighted by molar-refractivity contribution is 5.60. The van der Waals surface area contributed by atoms with Gasteiger partial charge in [-0.1, -0.05) is 0 Å². The third-order valence-corrected chi connectivity index (χ3v) is 4.11. The van der Waals surface area contributed by atoms with Gasteiger partial charge >= 0.3 is 5.69 Å². The monoisotopic (exact) mass is 297 g/mol. The molecule has 0 bridgehead atoms. The number of ether oxygens (including phenoxy) is 1. The number of anilines is 1. The molecular formula is C14H20FN3O3. The lowest BCUT2D eigenvalue weighted by Gasteiger charge is -2.35. The summed E-state index contributed by atoms with van der Waals surface area (Å²) in [5.41, 5.74) is 5.83. The fourth-order valence-electron chi connectivity index (χ4n) is 2.79. The van der Waals surface area contributed by atoms with Crippen molar-refractivity contribution in [1.29, 1.82) is 0 Å². The Bertz CT molecular complexity index is 530. The third-order valence-electron chi connectivity index (χ3n) is 4.11. The number of halogens is 1. The van der Waals surface area contributed by atoms with Crippen LogP contribution < -0.4 is 15.4 Å². The summed E-state index contributed by atoms with van der Waals surface area (Å²) in [4.78, 5) is 12.1. The molecule has 1 aromatic rings. The fraction of sp³-hybridized carbons (Fsp3) is 0.571. The summed E-state index contributed by atoms with van der Waals surface area (Å²) in [5.74, 6) is -0.546. The Morgan fingerprint density at radius 1 is 1.38 bits per heavy atom. The zero-order chi connectivity index (χ0) is 15.6. The number of rotatable bonds is 4. The maximum absolute atomic E-state index is 14.2. The molecule has 7 heteroatoms. The summed E-state index contributed by atoms with van der Waals surface area (Å²) in [5, 5.41) is 10.9. The highest BCUT2D eigenvalue weighted by atomic mass is 19.1. The van der Waals surface area contributed by atoms with E-state index in [1.54, 1.807) is 7.05 Å². The number of benzene rings is 1. The lowest BCUT2D eigenvalue weighted by atomic mass is 9.90. The van der Waals surface area contributed by atoms with Crippen LogP contribution in [0.4, 0.5) is 15.8 Å². The molecule has 0 amide bonds. The topological polar surface area (TPSA) is 81.6 Å².